The average molecular weight is 888 g/mol. The van der Waals surface area contributed by atoms with Crippen LogP contribution in [0.1, 0.15) is 125 Å². The number of rotatable bonds is 33. The second kappa shape index (κ2) is 27.9. The Hall–Kier alpha value is -1.71. The number of alkyl halides is 10. The number of aromatic nitrogens is 3. The van der Waals surface area contributed by atoms with E-state index in [1.165, 1.54) is 23.5 Å². The minimum absolute atomic E-state index is 0. The van der Waals surface area contributed by atoms with Crippen molar-refractivity contribution in [3.05, 3.63) is 31.5 Å². The normalized spacial score (nSPS) is 12.8. The van der Waals surface area contributed by atoms with Gasteiger partial charge in [-0.1, -0.05) is 79.1 Å². The van der Waals surface area contributed by atoms with Gasteiger partial charge in [0, 0.05) is 33.2 Å². The molecule has 340 valence electrons. The van der Waals surface area contributed by atoms with E-state index in [1.54, 1.807) is 0 Å². The molecule has 0 aliphatic rings. The predicted molar refractivity (Wildman–Crippen MR) is 207 cm³/mol. The van der Waals surface area contributed by atoms with Gasteiger partial charge in [0.05, 0.1) is 0 Å². The molecule has 1 heterocycles. The van der Waals surface area contributed by atoms with Crippen LogP contribution >= 0.6 is 23.5 Å². The quantitative estimate of drug-likeness (QED) is 0.0531. The number of hydrogen-bond acceptors (Lipinski definition) is 8. The maximum absolute atomic E-state index is 14.9. The number of aliphatic hydroxyl groups excluding tert-OH is 2. The molecule has 57 heavy (non-hydrogen) atoms. The predicted octanol–water partition coefficient (Wildman–Crippen LogP) is 9.26. The molecule has 0 amide bonds. The summed E-state index contributed by atoms with van der Waals surface area (Å²) in [5, 5.41) is 17.6. The highest BCUT2D eigenvalue weighted by atomic mass is 32.2. The second-order valence-corrected chi connectivity index (χ2v) is 15.8. The van der Waals surface area contributed by atoms with E-state index in [9.17, 15) is 58.3 Å². The molecule has 0 spiro atoms. The van der Waals surface area contributed by atoms with Crippen molar-refractivity contribution in [2.75, 3.05) is 36.2 Å². The lowest BCUT2D eigenvalue weighted by Crippen LogP contribution is -2.61. The van der Waals surface area contributed by atoms with Crippen LogP contribution in [-0.2, 0) is 24.4 Å². The summed E-state index contributed by atoms with van der Waals surface area (Å²) in [4.78, 5) is 39.5. The highest BCUT2D eigenvalue weighted by molar-refractivity contribution is 7.99. The molecule has 9 nitrogen and oxygen atoms in total. The highest BCUT2D eigenvalue weighted by Crippen LogP contribution is 2.50. The first-order valence-electron chi connectivity index (χ1n) is 18.6. The van der Waals surface area contributed by atoms with Crippen molar-refractivity contribution >= 4 is 23.5 Å². The minimum Gasteiger partial charge on any atom is -0.396 e. The molecule has 0 bridgehead atoms. The fourth-order valence-corrected chi connectivity index (χ4v) is 7.19. The number of halogens is 10. The molecule has 0 atom stereocenters. The number of ether oxygens (including phenoxy) is 1. The van der Waals surface area contributed by atoms with Gasteiger partial charge in [-0.2, -0.15) is 67.4 Å². The lowest BCUT2D eigenvalue weighted by Gasteiger charge is -2.34. The molecule has 0 radical (unpaired) electrons. The Morgan fingerprint density at radius 3 is 1.16 bits per heavy atom. The fourth-order valence-electron chi connectivity index (χ4n) is 5.30. The number of nitrogens with zero attached hydrogens (tertiary/aromatic N) is 3. The molecule has 2 N–H and O–H groups in total. The van der Waals surface area contributed by atoms with Crippen molar-refractivity contribution in [1.82, 2.24) is 13.7 Å². The van der Waals surface area contributed by atoms with Crippen LogP contribution in [0.4, 0.5) is 43.9 Å². The summed E-state index contributed by atoms with van der Waals surface area (Å²) in [6.07, 6.45) is -0.240. The Labute approximate surface area is 337 Å². The van der Waals surface area contributed by atoms with Gasteiger partial charge >= 0.3 is 47.1 Å². The van der Waals surface area contributed by atoms with Crippen LogP contribution in [0, 0.1) is 0 Å². The molecule has 0 unspecified atom stereocenters. The smallest absolute Gasteiger partial charge is 0.396 e. The molecule has 0 fully saturated rings. The topological polar surface area (TPSA) is 116 Å². The molecule has 1 aromatic rings. The first kappa shape index (κ1) is 57.4. The van der Waals surface area contributed by atoms with Crippen molar-refractivity contribution in [3.8, 4) is 0 Å². The summed E-state index contributed by atoms with van der Waals surface area (Å²) in [6, 6.07) is 0. The number of thioether (sulfide) groups is 2. The van der Waals surface area contributed by atoms with Crippen LogP contribution in [0.5, 0.6) is 0 Å². The third-order valence-corrected chi connectivity index (χ3v) is 10.9. The Bertz CT molecular complexity index is 1340. The standard InChI is InChI=1S/C34H55F10N3O6S2.2CH4/c1-30(35,36)32(39,40)34(43,44)53-33(41,42)31(37,38)26-47-28(51)45(18-16-24-54-22-14-10-6-2-4-8-12-20-48)27(50)46(29(47)52)19-17-25-55-23-15-11-7-3-5-9-13-21-49;;/h48-49H,2-26H2,1H3;2*1H4. The number of hydrogen-bond donors (Lipinski definition) is 2. The monoisotopic (exact) mass is 887 g/mol. The van der Waals surface area contributed by atoms with Gasteiger partial charge in [0.15, 0.2) is 0 Å². The Morgan fingerprint density at radius 1 is 0.491 bits per heavy atom. The molecule has 0 aliphatic heterocycles. The highest BCUT2D eigenvalue weighted by Gasteiger charge is 2.75. The van der Waals surface area contributed by atoms with Crippen LogP contribution in [0.15, 0.2) is 14.4 Å². The van der Waals surface area contributed by atoms with Gasteiger partial charge in [0.25, 0.3) is 0 Å². The maximum atomic E-state index is 14.9. The average Bonchev–Trinajstić information content (AvgIpc) is 3.09. The van der Waals surface area contributed by atoms with Gasteiger partial charge < -0.3 is 10.2 Å². The zero-order valence-corrected chi connectivity index (χ0v) is 32.8. The van der Waals surface area contributed by atoms with Crippen LogP contribution < -0.4 is 17.1 Å². The molecule has 1 rings (SSSR count). The summed E-state index contributed by atoms with van der Waals surface area (Å²) in [5.41, 5.74) is -4.82. The summed E-state index contributed by atoms with van der Waals surface area (Å²) in [5.74, 6) is -16.2. The van der Waals surface area contributed by atoms with E-state index in [4.69, 9.17) is 10.2 Å². The summed E-state index contributed by atoms with van der Waals surface area (Å²) >= 11 is 2.92. The van der Waals surface area contributed by atoms with Gasteiger partial charge in [-0.05, 0) is 61.5 Å². The van der Waals surface area contributed by atoms with E-state index in [1.807, 2.05) is 0 Å². The maximum Gasteiger partial charge on any atom is 0.430 e. The van der Waals surface area contributed by atoms with E-state index in [0.717, 1.165) is 89.9 Å². The van der Waals surface area contributed by atoms with Gasteiger partial charge in [0.2, 0.25) is 0 Å². The van der Waals surface area contributed by atoms with Crippen molar-refractivity contribution in [2.45, 2.75) is 174 Å². The molecule has 21 heteroatoms. The third kappa shape index (κ3) is 19.0. The van der Waals surface area contributed by atoms with E-state index >= 15 is 0 Å². The summed E-state index contributed by atoms with van der Waals surface area (Å²) in [6.45, 7) is -4.07. The van der Waals surface area contributed by atoms with E-state index in [-0.39, 0.29) is 40.9 Å². The Kier molecular flexibility index (Phi) is 28.1. The Balaban J connectivity index is 0. The summed E-state index contributed by atoms with van der Waals surface area (Å²) in [7, 11) is 0. The van der Waals surface area contributed by atoms with Crippen molar-refractivity contribution in [2.24, 2.45) is 0 Å². The van der Waals surface area contributed by atoms with E-state index in [2.05, 4.69) is 4.74 Å². The summed E-state index contributed by atoms with van der Waals surface area (Å²) < 4.78 is 142. The van der Waals surface area contributed by atoms with Gasteiger partial charge in [-0.3, -0.25) is 0 Å². The molecule has 0 saturated heterocycles. The van der Waals surface area contributed by atoms with Gasteiger partial charge in [-0.15, -0.1) is 0 Å². The molecular formula is C36H63F10N3O6S2. The second-order valence-electron chi connectivity index (χ2n) is 13.4. The largest absolute Gasteiger partial charge is 0.430 e. The molecule has 0 saturated carbocycles. The van der Waals surface area contributed by atoms with Crippen LogP contribution in [-0.4, -0.2) is 90.1 Å². The van der Waals surface area contributed by atoms with Crippen LogP contribution in [0.3, 0.4) is 0 Å². The zero-order valence-electron chi connectivity index (χ0n) is 31.1. The fraction of sp³-hybridized carbons (Fsp3) is 0.917. The van der Waals surface area contributed by atoms with Gasteiger partial charge in [0.1, 0.15) is 6.54 Å². The van der Waals surface area contributed by atoms with Crippen molar-refractivity contribution in [3.63, 3.8) is 0 Å². The number of unbranched alkanes of at least 4 members (excludes halogenated alkanes) is 12. The zero-order chi connectivity index (χ0) is 41.8. The van der Waals surface area contributed by atoms with Crippen LogP contribution in [0.25, 0.3) is 0 Å². The minimum atomic E-state index is -6.84. The SMILES string of the molecule is C.C.CC(F)(F)C(F)(F)C(F)(F)OC(F)(F)C(F)(F)Cn1c(=O)n(CCCSCCCCCCCCCO)c(=O)n(CCCSCCCCCCCCCO)c1=O. The first-order valence-corrected chi connectivity index (χ1v) is 20.9. The van der Waals surface area contributed by atoms with Gasteiger partial charge in [-0.25, -0.2) is 32.8 Å². The van der Waals surface area contributed by atoms with E-state index < -0.39 is 78.2 Å². The van der Waals surface area contributed by atoms with Crippen molar-refractivity contribution in [1.29, 1.82) is 0 Å². The lowest BCUT2D eigenvalue weighted by atomic mass is 10.1. The third-order valence-electron chi connectivity index (χ3n) is 8.58. The molecule has 1 aromatic heterocycles. The number of aliphatic hydroxyl groups is 2. The molecular weight excluding hydrogens is 825 g/mol. The van der Waals surface area contributed by atoms with Crippen molar-refractivity contribution < 1.29 is 58.9 Å². The lowest BCUT2D eigenvalue weighted by molar-refractivity contribution is -0.485. The van der Waals surface area contributed by atoms with Crippen LogP contribution in [0.2, 0.25) is 0 Å². The first-order chi connectivity index (χ1) is 25.7. The Morgan fingerprint density at radius 2 is 0.807 bits per heavy atom. The molecule has 0 aliphatic carbocycles. The van der Waals surface area contributed by atoms with E-state index in [0.29, 0.717) is 32.1 Å². The molecule has 0 aromatic carbocycles.